The molecule has 1 aliphatic rings. The monoisotopic (exact) mass is 292 g/mol. The van der Waals surface area contributed by atoms with Crippen molar-refractivity contribution in [1.82, 2.24) is 0 Å². The third kappa shape index (κ3) is 6.69. The lowest BCUT2D eigenvalue weighted by molar-refractivity contribution is -0.121. The summed E-state index contributed by atoms with van der Waals surface area (Å²) in [5.74, 6) is 2.00. The minimum absolute atomic E-state index is 0.339. The summed E-state index contributed by atoms with van der Waals surface area (Å²) < 4.78 is 0. The average Bonchev–Trinajstić information content (AvgIpc) is 2.60. The quantitative estimate of drug-likeness (QED) is 0.449. The number of ketones is 1. The molecule has 0 aliphatic heterocycles. The second-order valence-electron chi connectivity index (χ2n) is 8.02. The highest BCUT2D eigenvalue weighted by Gasteiger charge is 2.29. The smallest absolute Gasteiger partial charge is 0.136 e. The van der Waals surface area contributed by atoms with Crippen LogP contribution in [0.3, 0.4) is 0 Å². The Morgan fingerprint density at radius 3 is 2.60 bits per heavy atom. The molecule has 0 amide bonds. The van der Waals surface area contributed by atoms with Gasteiger partial charge in [0.25, 0.3) is 0 Å². The van der Waals surface area contributed by atoms with Gasteiger partial charge in [0.05, 0.1) is 0 Å². The Balaban J connectivity index is 2.31. The summed E-state index contributed by atoms with van der Waals surface area (Å²) in [4.78, 5) is 11.8. The van der Waals surface area contributed by atoms with E-state index in [0.29, 0.717) is 23.5 Å². The normalized spacial score (nSPS) is 25.4. The van der Waals surface area contributed by atoms with Crippen molar-refractivity contribution in [2.75, 3.05) is 0 Å². The summed E-state index contributed by atoms with van der Waals surface area (Å²) in [6.45, 7) is 15.7. The van der Waals surface area contributed by atoms with Crippen LogP contribution < -0.4 is 0 Å². The van der Waals surface area contributed by atoms with Gasteiger partial charge in [0.1, 0.15) is 5.78 Å². The molecular formula is C18H32OSi. The Labute approximate surface area is 126 Å². The zero-order valence-corrected chi connectivity index (χ0v) is 15.0. The molecule has 1 saturated carbocycles. The Morgan fingerprint density at radius 2 is 2.10 bits per heavy atom. The van der Waals surface area contributed by atoms with Crippen LogP contribution in [0.4, 0.5) is 0 Å². The number of rotatable bonds is 7. The average molecular weight is 293 g/mol. The largest absolute Gasteiger partial charge is 0.299 e. The first kappa shape index (κ1) is 17.4. The molecule has 1 nitrogen and oxygen atoms in total. The Hall–Kier alpha value is -0.633. The maximum absolute atomic E-state index is 11.8. The highest BCUT2D eigenvalue weighted by atomic mass is 28.3. The molecule has 0 bridgehead atoms. The maximum atomic E-state index is 11.8. The standard InChI is InChI=1S/C18H32OSi/c1-14(7-8-15(2)13-20(4,5)6)9-10-17-11-16(3)12-18(17)19/h7-8,14,16-17H,2,9-13H2,1,3-6H3/b8-7+/t14-,16-,17?/m1/s1. The fourth-order valence-corrected chi connectivity index (χ4v) is 4.57. The van der Waals surface area contributed by atoms with Gasteiger partial charge in [0.2, 0.25) is 0 Å². The molecule has 0 aromatic rings. The van der Waals surface area contributed by atoms with Crippen molar-refractivity contribution in [3.05, 3.63) is 24.3 Å². The number of carbonyl (C=O) groups excluding carboxylic acids is 1. The second-order valence-corrected chi connectivity index (χ2v) is 13.5. The maximum Gasteiger partial charge on any atom is 0.136 e. The second kappa shape index (κ2) is 7.40. The van der Waals surface area contributed by atoms with Gasteiger partial charge in [-0.3, -0.25) is 4.79 Å². The van der Waals surface area contributed by atoms with Gasteiger partial charge in [-0.1, -0.05) is 57.8 Å². The molecule has 1 rings (SSSR count). The van der Waals surface area contributed by atoms with E-state index in [4.69, 9.17) is 0 Å². The van der Waals surface area contributed by atoms with E-state index in [1.54, 1.807) is 0 Å². The third-order valence-electron chi connectivity index (χ3n) is 4.08. The van der Waals surface area contributed by atoms with Crippen molar-refractivity contribution >= 4 is 13.9 Å². The minimum atomic E-state index is -1.04. The first-order valence-corrected chi connectivity index (χ1v) is 11.8. The van der Waals surface area contributed by atoms with E-state index in [2.05, 4.69) is 52.2 Å². The van der Waals surface area contributed by atoms with Gasteiger partial charge >= 0.3 is 0 Å². The van der Waals surface area contributed by atoms with Crippen LogP contribution in [-0.4, -0.2) is 13.9 Å². The van der Waals surface area contributed by atoms with Crippen LogP contribution in [0.1, 0.15) is 39.5 Å². The molecule has 1 fully saturated rings. The molecule has 0 radical (unpaired) electrons. The van der Waals surface area contributed by atoms with Gasteiger partial charge in [0.15, 0.2) is 0 Å². The third-order valence-corrected chi connectivity index (χ3v) is 5.59. The molecular weight excluding hydrogens is 260 g/mol. The summed E-state index contributed by atoms with van der Waals surface area (Å²) in [5, 5.41) is 0. The zero-order chi connectivity index (χ0) is 15.3. The van der Waals surface area contributed by atoms with Crippen molar-refractivity contribution in [3.8, 4) is 0 Å². The molecule has 1 aliphatic carbocycles. The number of carbonyl (C=O) groups is 1. The Bertz CT molecular complexity index is 375. The molecule has 20 heavy (non-hydrogen) atoms. The fraction of sp³-hybridized carbons (Fsp3) is 0.722. The molecule has 1 unspecified atom stereocenters. The minimum Gasteiger partial charge on any atom is -0.299 e. The van der Waals surface area contributed by atoms with E-state index in [-0.39, 0.29) is 0 Å². The van der Waals surface area contributed by atoms with Crippen LogP contribution >= 0.6 is 0 Å². The Morgan fingerprint density at radius 1 is 1.45 bits per heavy atom. The van der Waals surface area contributed by atoms with Gasteiger partial charge in [-0.25, -0.2) is 0 Å². The highest BCUT2D eigenvalue weighted by Crippen LogP contribution is 2.31. The van der Waals surface area contributed by atoms with Gasteiger partial charge in [-0.05, 0) is 37.1 Å². The number of Topliss-reactive ketones (excluding diaryl/α,β-unsaturated/α-hetero) is 1. The molecule has 0 aromatic carbocycles. The van der Waals surface area contributed by atoms with Crippen molar-refractivity contribution in [2.24, 2.45) is 17.8 Å². The van der Waals surface area contributed by atoms with E-state index in [0.717, 1.165) is 25.7 Å². The first-order valence-electron chi connectivity index (χ1n) is 8.06. The van der Waals surface area contributed by atoms with Gasteiger partial charge in [0, 0.05) is 20.4 Å². The molecule has 0 saturated heterocycles. The predicted octanol–water partition coefficient (Wildman–Crippen LogP) is 5.47. The van der Waals surface area contributed by atoms with E-state index >= 15 is 0 Å². The number of hydrogen-bond donors (Lipinski definition) is 0. The summed E-state index contributed by atoms with van der Waals surface area (Å²) >= 11 is 0. The van der Waals surface area contributed by atoms with Crippen LogP contribution in [0, 0.1) is 17.8 Å². The summed E-state index contributed by atoms with van der Waals surface area (Å²) in [7, 11) is -1.04. The first-order chi connectivity index (χ1) is 9.17. The molecule has 0 spiro atoms. The molecule has 114 valence electrons. The van der Waals surface area contributed by atoms with E-state index in [1.165, 1.54) is 11.6 Å². The summed E-state index contributed by atoms with van der Waals surface area (Å²) in [6.07, 6.45) is 8.60. The molecule has 2 heteroatoms. The fourth-order valence-electron chi connectivity index (χ4n) is 3.09. The molecule has 0 heterocycles. The molecule has 0 aromatic heterocycles. The van der Waals surface area contributed by atoms with Gasteiger partial charge in [-0.2, -0.15) is 0 Å². The van der Waals surface area contributed by atoms with E-state index in [9.17, 15) is 4.79 Å². The van der Waals surface area contributed by atoms with E-state index in [1.807, 2.05) is 0 Å². The van der Waals surface area contributed by atoms with Gasteiger partial charge in [-0.15, -0.1) is 0 Å². The summed E-state index contributed by atoms with van der Waals surface area (Å²) in [5.41, 5.74) is 1.27. The van der Waals surface area contributed by atoms with Crippen molar-refractivity contribution < 1.29 is 4.79 Å². The topological polar surface area (TPSA) is 17.1 Å². The predicted molar refractivity (Wildman–Crippen MR) is 91.7 cm³/mol. The molecule has 0 N–H and O–H groups in total. The van der Waals surface area contributed by atoms with Crippen LogP contribution in [0.2, 0.25) is 25.7 Å². The van der Waals surface area contributed by atoms with Crippen LogP contribution in [0.15, 0.2) is 24.3 Å². The lowest BCUT2D eigenvalue weighted by Crippen LogP contribution is -2.19. The van der Waals surface area contributed by atoms with Crippen LogP contribution in [0.25, 0.3) is 0 Å². The van der Waals surface area contributed by atoms with Crippen molar-refractivity contribution in [1.29, 1.82) is 0 Å². The molecule has 3 atom stereocenters. The highest BCUT2D eigenvalue weighted by molar-refractivity contribution is 6.76. The Kier molecular flexibility index (Phi) is 6.44. The van der Waals surface area contributed by atoms with Crippen LogP contribution in [0.5, 0.6) is 0 Å². The van der Waals surface area contributed by atoms with Gasteiger partial charge < -0.3 is 0 Å². The lowest BCUT2D eigenvalue weighted by atomic mass is 9.94. The summed E-state index contributed by atoms with van der Waals surface area (Å²) in [6, 6.07) is 1.18. The lowest BCUT2D eigenvalue weighted by Gasteiger charge is -2.16. The van der Waals surface area contributed by atoms with Crippen molar-refractivity contribution in [2.45, 2.75) is 65.2 Å². The number of allylic oxidation sites excluding steroid dienone is 3. The zero-order valence-electron chi connectivity index (χ0n) is 14.0. The van der Waals surface area contributed by atoms with Crippen molar-refractivity contribution in [3.63, 3.8) is 0 Å². The van der Waals surface area contributed by atoms with E-state index < -0.39 is 8.07 Å². The van der Waals surface area contributed by atoms with Crippen LogP contribution in [-0.2, 0) is 4.79 Å². The SMILES string of the molecule is C=C(/C=C/[C@@H](C)CCC1C[C@@H](C)CC1=O)C[Si](C)(C)C. The number of hydrogen-bond acceptors (Lipinski definition) is 1.